The fourth-order valence-electron chi connectivity index (χ4n) is 9.64. The maximum atomic E-state index is 6.49. The van der Waals surface area contributed by atoms with Gasteiger partial charge in [0, 0.05) is 16.2 Å². The standard InChI is InChI=1S/C51H30O/c1-2-10-31(11-3-1)36-22-24-40-41-25-20-33-18-19-34(35-23-27-48-44(29-35)42-26-21-32-12-4-5-13-37(32)50(42)52-48)28-43(33)49(41)51(47(40)30-36)45-16-8-6-14-38(45)39-15-7-9-17-46(39)51/h1-30H. The molecule has 52 heavy (non-hydrogen) atoms. The quantitative estimate of drug-likeness (QED) is 0.180. The molecular formula is C51H30O. The third-order valence-electron chi connectivity index (χ3n) is 11.9. The molecule has 1 nitrogen and oxygen atoms in total. The molecule has 0 saturated heterocycles. The van der Waals surface area contributed by atoms with Crippen LogP contribution in [0, 0.1) is 0 Å². The van der Waals surface area contributed by atoms with Crippen LogP contribution in [0.15, 0.2) is 186 Å². The maximum absolute atomic E-state index is 6.49. The van der Waals surface area contributed by atoms with E-state index in [0.717, 1.165) is 27.3 Å². The molecule has 0 fully saturated rings. The third-order valence-corrected chi connectivity index (χ3v) is 11.9. The van der Waals surface area contributed by atoms with Crippen molar-refractivity contribution in [2.45, 2.75) is 5.41 Å². The van der Waals surface area contributed by atoms with Gasteiger partial charge in [-0.2, -0.15) is 0 Å². The first kappa shape index (κ1) is 28.0. The SMILES string of the molecule is c1ccc(-c2ccc3c(c2)C2(c4ccccc4-c4ccccc42)c2c-3ccc3ccc(-c4ccc5oc6c7ccccc7ccc6c5c4)cc23)cc1. The summed E-state index contributed by atoms with van der Waals surface area (Å²) in [6, 6.07) is 67.4. The van der Waals surface area contributed by atoms with Crippen LogP contribution in [0.1, 0.15) is 22.3 Å². The molecule has 1 aromatic heterocycles. The number of hydrogen-bond acceptors (Lipinski definition) is 1. The smallest absolute Gasteiger partial charge is 0.143 e. The molecular weight excluding hydrogens is 629 g/mol. The Morgan fingerprint density at radius 3 is 1.73 bits per heavy atom. The zero-order chi connectivity index (χ0) is 34.0. The van der Waals surface area contributed by atoms with Crippen molar-refractivity contribution < 1.29 is 4.42 Å². The summed E-state index contributed by atoms with van der Waals surface area (Å²) in [7, 11) is 0. The Hall–Kier alpha value is -6.70. The number of furan rings is 1. The van der Waals surface area contributed by atoms with Gasteiger partial charge in [0.1, 0.15) is 11.2 Å². The molecule has 0 N–H and O–H groups in total. The van der Waals surface area contributed by atoms with Crippen molar-refractivity contribution in [1.82, 2.24) is 0 Å². The minimum absolute atomic E-state index is 0.452. The fourth-order valence-corrected chi connectivity index (χ4v) is 9.64. The summed E-state index contributed by atoms with van der Waals surface area (Å²) < 4.78 is 6.49. The Morgan fingerprint density at radius 1 is 0.327 bits per heavy atom. The van der Waals surface area contributed by atoms with Crippen LogP contribution in [0.5, 0.6) is 0 Å². The average Bonchev–Trinajstić information content (AvgIpc) is 3.85. The van der Waals surface area contributed by atoms with E-state index in [4.69, 9.17) is 4.42 Å². The highest BCUT2D eigenvalue weighted by molar-refractivity contribution is 6.16. The van der Waals surface area contributed by atoms with Crippen molar-refractivity contribution in [2.24, 2.45) is 0 Å². The number of rotatable bonds is 2. The second-order valence-corrected chi connectivity index (χ2v) is 14.4. The highest BCUT2D eigenvalue weighted by Gasteiger charge is 2.52. The molecule has 1 heteroatoms. The van der Waals surface area contributed by atoms with E-state index in [1.165, 1.54) is 82.9 Å². The van der Waals surface area contributed by atoms with Crippen LogP contribution in [-0.2, 0) is 5.41 Å². The minimum atomic E-state index is -0.452. The molecule has 12 rings (SSSR count). The first-order valence-electron chi connectivity index (χ1n) is 18.1. The van der Waals surface area contributed by atoms with Crippen LogP contribution in [-0.4, -0.2) is 0 Å². The average molecular weight is 659 g/mol. The molecule has 240 valence electrons. The molecule has 0 amide bonds. The van der Waals surface area contributed by atoms with Crippen LogP contribution >= 0.6 is 0 Å². The molecule has 0 saturated carbocycles. The van der Waals surface area contributed by atoms with E-state index >= 15 is 0 Å². The van der Waals surface area contributed by atoms with Crippen molar-refractivity contribution >= 4 is 43.5 Å². The normalized spacial score (nSPS) is 13.5. The molecule has 9 aromatic carbocycles. The summed E-state index contributed by atoms with van der Waals surface area (Å²) in [5.41, 5.74) is 17.0. The molecule has 0 atom stereocenters. The van der Waals surface area contributed by atoms with Gasteiger partial charge in [0.15, 0.2) is 0 Å². The number of fused-ring (bicyclic) bond motifs is 17. The Bertz CT molecular complexity index is 3080. The summed E-state index contributed by atoms with van der Waals surface area (Å²) in [6.45, 7) is 0. The molecule has 0 bridgehead atoms. The van der Waals surface area contributed by atoms with Gasteiger partial charge >= 0.3 is 0 Å². The number of benzene rings is 9. The highest BCUT2D eigenvalue weighted by atomic mass is 16.3. The van der Waals surface area contributed by atoms with Gasteiger partial charge in [-0.1, -0.05) is 152 Å². The lowest BCUT2D eigenvalue weighted by molar-refractivity contribution is 0.672. The van der Waals surface area contributed by atoms with Gasteiger partial charge in [-0.3, -0.25) is 0 Å². The predicted molar refractivity (Wildman–Crippen MR) is 216 cm³/mol. The Balaban J connectivity index is 1.14. The third kappa shape index (κ3) is 3.57. The zero-order valence-corrected chi connectivity index (χ0v) is 28.2. The topological polar surface area (TPSA) is 13.1 Å². The molecule has 1 heterocycles. The van der Waals surface area contributed by atoms with E-state index in [2.05, 4.69) is 182 Å². The zero-order valence-electron chi connectivity index (χ0n) is 28.2. The van der Waals surface area contributed by atoms with Crippen LogP contribution in [0.25, 0.3) is 88.0 Å². The summed E-state index contributed by atoms with van der Waals surface area (Å²) in [4.78, 5) is 0. The van der Waals surface area contributed by atoms with Crippen molar-refractivity contribution in [1.29, 1.82) is 0 Å². The molecule has 0 radical (unpaired) electrons. The van der Waals surface area contributed by atoms with E-state index in [1.54, 1.807) is 0 Å². The van der Waals surface area contributed by atoms with E-state index in [9.17, 15) is 0 Å². The van der Waals surface area contributed by atoms with Gasteiger partial charge in [0.05, 0.1) is 5.41 Å². The first-order chi connectivity index (χ1) is 25.8. The Labute approximate surface area is 301 Å². The van der Waals surface area contributed by atoms with Gasteiger partial charge in [0.25, 0.3) is 0 Å². The number of hydrogen-bond donors (Lipinski definition) is 0. The van der Waals surface area contributed by atoms with Gasteiger partial charge in [0.2, 0.25) is 0 Å². The van der Waals surface area contributed by atoms with Crippen LogP contribution in [0.4, 0.5) is 0 Å². The van der Waals surface area contributed by atoms with E-state index in [0.29, 0.717) is 0 Å². The van der Waals surface area contributed by atoms with Gasteiger partial charge in [-0.05, 0) is 113 Å². The first-order valence-corrected chi connectivity index (χ1v) is 18.1. The maximum Gasteiger partial charge on any atom is 0.143 e. The van der Waals surface area contributed by atoms with E-state index in [1.807, 2.05) is 0 Å². The Kier molecular flexibility index (Phi) is 5.49. The molecule has 0 aliphatic heterocycles. The van der Waals surface area contributed by atoms with Crippen molar-refractivity contribution in [3.8, 4) is 44.5 Å². The van der Waals surface area contributed by atoms with Gasteiger partial charge < -0.3 is 4.42 Å². The Morgan fingerprint density at radius 2 is 0.904 bits per heavy atom. The van der Waals surface area contributed by atoms with Crippen molar-refractivity contribution in [3.05, 3.63) is 204 Å². The highest BCUT2D eigenvalue weighted by Crippen LogP contribution is 2.64. The van der Waals surface area contributed by atoms with Crippen LogP contribution in [0.3, 0.4) is 0 Å². The summed E-state index contributed by atoms with van der Waals surface area (Å²) >= 11 is 0. The van der Waals surface area contributed by atoms with Crippen LogP contribution < -0.4 is 0 Å². The lowest BCUT2D eigenvalue weighted by atomic mass is 9.69. The van der Waals surface area contributed by atoms with Gasteiger partial charge in [-0.15, -0.1) is 0 Å². The second kappa shape index (κ2) is 10.2. The molecule has 2 aliphatic rings. The largest absolute Gasteiger partial charge is 0.455 e. The predicted octanol–water partition coefficient (Wildman–Crippen LogP) is 13.6. The summed E-state index contributed by atoms with van der Waals surface area (Å²) in [6.07, 6.45) is 0. The second-order valence-electron chi connectivity index (χ2n) is 14.4. The summed E-state index contributed by atoms with van der Waals surface area (Å²) in [5, 5.41) is 7.19. The van der Waals surface area contributed by atoms with E-state index in [-0.39, 0.29) is 0 Å². The van der Waals surface area contributed by atoms with Gasteiger partial charge in [-0.25, -0.2) is 0 Å². The lowest BCUT2D eigenvalue weighted by Gasteiger charge is -2.32. The van der Waals surface area contributed by atoms with Crippen molar-refractivity contribution in [2.75, 3.05) is 0 Å². The fraction of sp³-hybridized carbons (Fsp3) is 0.0196. The summed E-state index contributed by atoms with van der Waals surface area (Å²) in [5.74, 6) is 0. The molecule has 0 unspecified atom stereocenters. The molecule has 2 aliphatic carbocycles. The monoisotopic (exact) mass is 658 g/mol. The van der Waals surface area contributed by atoms with Crippen LogP contribution in [0.2, 0.25) is 0 Å². The minimum Gasteiger partial charge on any atom is -0.455 e. The molecule has 10 aromatic rings. The lowest BCUT2D eigenvalue weighted by Crippen LogP contribution is -2.26. The van der Waals surface area contributed by atoms with Crippen molar-refractivity contribution in [3.63, 3.8) is 0 Å². The van der Waals surface area contributed by atoms with E-state index < -0.39 is 5.41 Å². The molecule has 1 spiro atoms.